The van der Waals surface area contributed by atoms with Gasteiger partial charge in [0.1, 0.15) is 0 Å². The SMILES string of the molecule is CCCCC(CC)COCC(CC)CCCC.[Ca]. The predicted molar refractivity (Wildman–Crippen MR) is 83.2 cm³/mol. The third-order valence-corrected chi connectivity index (χ3v) is 3.79. The molecule has 0 bridgehead atoms. The van der Waals surface area contributed by atoms with E-state index in [0.717, 1.165) is 25.0 Å². The number of hydrogen-bond donors (Lipinski definition) is 0. The normalized spacial score (nSPS) is 14.0. The van der Waals surface area contributed by atoms with E-state index in [1.807, 2.05) is 0 Å². The summed E-state index contributed by atoms with van der Waals surface area (Å²) in [6, 6.07) is 0. The fourth-order valence-corrected chi connectivity index (χ4v) is 2.20. The largest absolute Gasteiger partial charge is 0.381 e. The smallest absolute Gasteiger partial charge is 0.0494 e. The molecule has 0 aliphatic heterocycles. The summed E-state index contributed by atoms with van der Waals surface area (Å²) in [7, 11) is 0. The van der Waals surface area contributed by atoms with E-state index >= 15 is 0 Å². The van der Waals surface area contributed by atoms with E-state index in [1.165, 1.54) is 51.4 Å². The van der Waals surface area contributed by atoms with E-state index in [-0.39, 0.29) is 37.7 Å². The second-order valence-corrected chi connectivity index (χ2v) is 5.37. The molecule has 0 aromatic carbocycles. The van der Waals surface area contributed by atoms with Crippen LogP contribution in [0.1, 0.15) is 79.1 Å². The zero-order chi connectivity index (χ0) is 12.9. The van der Waals surface area contributed by atoms with Gasteiger partial charge in [0.05, 0.1) is 0 Å². The molecule has 0 spiro atoms. The van der Waals surface area contributed by atoms with Gasteiger partial charge in [0.15, 0.2) is 0 Å². The number of rotatable bonds is 12. The summed E-state index contributed by atoms with van der Waals surface area (Å²) in [6.07, 6.45) is 10.6. The Bertz CT molecular complexity index is 134. The van der Waals surface area contributed by atoms with Gasteiger partial charge in [0.2, 0.25) is 0 Å². The molecule has 2 unspecified atom stereocenters. The van der Waals surface area contributed by atoms with Crippen LogP contribution in [-0.4, -0.2) is 51.0 Å². The summed E-state index contributed by atoms with van der Waals surface area (Å²) in [5, 5.41) is 0. The predicted octanol–water partition coefficient (Wildman–Crippen LogP) is 5.06. The van der Waals surface area contributed by atoms with Gasteiger partial charge in [0.25, 0.3) is 0 Å². The van der Waals surface area contributed by atoms with Crippen LogP contribution in [-0.2, 0) is 4.74 Å². The topological polar surface area (TPSA) is 9.23 Å². The average Bonchev–Trinajstić information content (AvgIpc) is 2.37. The third kappa shape index (κ3) is 12.3. The number of hydrogen-bond acceptors (Lipinski definition) is 1. The molecule has 1 nitrogen and oxygen atoms in total. The minimum absolute atomic E-state index is 0. The van der Waals surface area contributed by atoms with Gasteiger partial charge >= 0.3 is 0 Å². The van der Waals surface area contributed by atoms with Crippen molar-refractivity contribution < 1.29 is 4.74 Å². The van der Waals surface area contributed by atoms with Gasteiger partial charge in [-0.2, -0.15) is 0 Å². The Morgan fingerprint density at radius 2 is 1.11 bits per heavy atom. The first-order valence-electron chi connectivity index (χ1n) is 7.86. The van der Waals surface area contributed by atoms with E-state index in [4.69, 9.17) is 4.74 Å². The Hall–Kier alpha value is 1.22. The Morgan fingerprint density at radius 1 is 0.722 bits per heavy atom. The zero-order valence-corrected chi connectivity index (χ0v) is 15.5. The van der Waals surface area contributed by atoms with Crippen LogP contribution in [0, 0.1) is 11.8 Å². The summed E-state index contributed by atoms with van der Waals surface area (Å²) in [4.78, 5) is 0. The molecular formula is C16H34CaO. The Balaban J connectivity index is 0. The fraction of sp³-hybridized carbons (Fsp3) is 1.00. The van der Waals surface area contributed by atoms with Crippen LogP contribution < -0.4 is 0 Å². The van der Waals surface area contributed by atoms with Gasteiger partial charge in [-0.05, 0) is 24.7 Å². The molecule has 0 amide bonds. The minimum atomic E-state index is 0. The molecule has 0 aliphatic rings. The summed E-state index contributed by atoms with van der Waals surface area (Å²) < 4.78 is 5.93. The Kier molecular flexibility index (Phi) is 19.5. The maximum atomic E-state index is 5.93. The van der Waals surface area contributed by atoms with Crippen molar-refractivity contribution in [2.24, 2.45) is 11.8 Å². The molecule has 0 aromatic heterocycles. The monoisotopic (exact) mass is 282 g/mol. The van der Waals surface area contributed by atoms with Gasteiger partial charge < -0.3 is 4.74 Å². The van der Waals surface area contributed by atoms with Crippen LogP contribution in [0.15, 0.2) is 0 Å². The quantitative estimate of drug-likeness (QED) is 0.455. The molecule has 0 saturated heterocycles. The molecule has 0 rings (SSSR count). The molecule has 0 heterocycles. The molecule has 0 aromatic rings. The van der Waals surface area contributed by atoms with Crippen molar-refractivity contribution in [3.05, 3.63) is 0 Å². The summed E-state index contributed by atoms with van der Waals surface area (Å²) in [6.45, 7) is 11.1. The van der Waals surface area contributed by atoms with Crippen LogP contribution in [0.2, 0.25) is 0 Å². The first-order chi connectivity index (χ1) is 8.28. The molecule has 106 valence electrons. The second kappa shape index (κ2) is 16.3. The van der Waals surface area contributed by atoms with Gasteiger partial charge in [-0.15, -0.1) is 0 Å². The molecular weight excluding hydrogens is 248 g/mol. The van der Waals surface area contributed by atoms with Crippen molar-refractivity contribution >= 4 is 37.7 Å². The average molecular weight is 283 g/mol. The zero-order valence-electron chi connectivity index (χ0n) is 13.3. The van der Waals surface area contributed by atoms with Crippen LogP contribution in [0.25, 0.3) is 0 Å². The minimum Gasteiger partial charge on any atom is -0.381 e. The van der Waals surface area contributed by atoms with Gasteiger partial charge in [-0.3, -0.25) is 0 Å². The van der Waals surface area contributed by atoms with E-state index in [2.05, 4.69) is 27.7 Å². The van der Waals surface area contributed by atoms with Crippen molar-refractivity contribution in [3.8, 4) is 0 Å². The summed E-state index contributed by atoms with van der Waals surface area (Å²) in [5.41, 5.74) is 0. The molecule has 0 N–H and O–H groups in total. The summed E-state index contributed by atoms with van der Waals surface area (Å²) >= 11 is 0. The molecule has 0 aliphatic carbocycles. The van der Waals surface area contributed by atoms with Crippen molar-refractivity contribution in [2.75, 3.05) is 13.2 Å². The van der Waals surface area contributed by atoms with Crippen LogP contribution in [0.5, 0.6) is 0 Å². The van der Waals surface area contributed by atoms with Crippen molar-refractivity contribution in [1.82, 2.24) is 0 Å². The first-order valence-corrected chi connectivity index (χ1v) is 7.86. The third-order valence-electron chi connectivity index (χ3n) is 3.79. The Labute approximate surface area is 145 Å². The number of ether oxygens (including phenoxy) is 1. The summed E-state index contributed by atoms with van der Waals surface area (Å²) in [5.74, 6) is 1.58. The molecule has 0 fully saturated rings. The number of unbranched alkanes of at least 4 members (excludes halogenated alkanes) is 2. The van der Waals surface area contributed by atoms with E-state index < -0.39 is 0 Å². The maximum absolute atomic E-state index is 5.93. The van der Waals surface area contributed by atoms with E-state index in [0.29, 0.717) is 0 Å². The second-order valence-electron chi connectivity index (χ2n) is 5.37. The maximum Gasteiger partial charge on any atom is 0.0494 e. The molecule has 18 heavy (non-hydrogen) atoms. The standard InChI is InChI=1S/C16H34O.Ca/c1-5-9-11-15(7-3)13-17-14-16(8-4)12-10-6-2;/h15-16H,5-14H2,1-4H3;. The fourth-order valence-electron chi connectivity index (χ4n) is 2.20. The first kappa shape index (κ1) is 21.5. The van der Waals surface area contributed by atoms with Crippen molar-refractivity contribution in [2.45, 2.75) is 79.1 Å². The Morgan fingerprint density at radius 3 is 1.39 bits per heavy atom. The van der Waals surface area contributed by atoms with Crippen LogP contribution in [0.3, 0.4) is 0 Å². The van der Waals surface area contributed by atoms with Crippen LogP contribution in [0.4, 0.5) is 0 Å². The molecule has 2 radical (unpaired) electrons. The van der Waals surface area contributed by atoms with Gasteiger partial charge in [-0.25, -0.2) is 0 Å². The van der Waals surface area contributed by atoms with Crippen LogP contribution >= 0.6 is 0 Å². The van der Waals surface area contributed by atoms with Crippen molar-refractivity contribution in [1.29, 1.82) is 0 Å². The molecule has 2 atom stereocenters. The molecule has 0 saturated carbocycles. The molecule has 2 heteroatoms. The van der Waals surface area contributed by atoms with Gasteiger partial charge in [-0.1, -0.05) is 66.2 Å². The van der Waals surface area contributed by atoms with Crippen molar-refractivity contribution in [3.63, 3.8) is 0 Å². The van der Waals surface area contributed by atoms with E-state index in [9.17, 15) is 0 Å². The van der Waals surface area contributed by atoms with E-state index in [1.54, 1.807) is 0 Å². The van der Waals surface area contributed by atoms with Gasteiger partial charge in [0, 0.05) is 51.0 Å².